The van der Waals surface area contributed by atoms with Crippen molar-refractivity contribution in [2.45, 2.75) is 58.3 Å². The van der Waals surface area contributed by atoms with Gasteiger partial charge in [0.1, 0.15) is 12.9 Å². The predicted molar refractivity (Wildman–Crippen MR) is 83.2 cm³/mol. The van der Waals surface area contributed by atoms with Crippen LogP contribution in [0.3, 0.4) is 0 Å². The van der Waals surface area contributed by atoms with E-state index in [0.29, 0.717) is 6.42 Å². The van der Waals surface area contributed by atoms with Crippen molar-refractivity contribution < 1.29 is 19.1 Å². The summed E-state index contributed by atoms with van der Waals surface area (Å²) in [6.07, 6.45) is 3.68. The van der Waals surface area contributed by atoms with Crippen molar-refractivity contribution >= 4 is 12.3 Å². The summed E-state index contributed by atoms with van der Waals surface area (Å²) in [4.78, 5) is 23.1. The van der Waals surface area contributed by atoms with Gasteiger partial charge in [0.2, 0.25) is 0 Å². The van der Waals surface area contributed by atoms with Crippen LogP contribution in [0.1, 0.15) is 45.1 Å². The summed E-state index contributed by atoms with van der Waals surface area (Å²) in [7, 11) is 0. The summed E-state index contributed by atoms with van der Waals surface area (Å²) < 4.78 is 11.4. The van der Waals surface area contributed by atoms with Crippen LogP contribution in [0.4, 0.5) is 0 Å². The van der Waals surface area contributed by atoms with E-state index >= 15 is 0 Å². The standard InChI is InChI=1S/C18H24O4/c1-18(2,16-10-6-9-15(22-16)11-12-19)17(20)21-13-14-7-4-3-5-8-14/h3-5,7-8,12,15-16H,6,9-11,13H2,1-2H3/t15-,16+/m0/s1. The second kappa shape index (κ2) is 7.54. The van der Waals surface area contributed by atoms with Gasteiger partial charge in [-0.2, -0.15) is 0 Å². The van der Waals surface area contributed by atoms with E-state index in [9.17, 15) is 9.59 Å². The lowest BCUT2D eigenvalue weighted by Crippen LogP contribution is -2.44. The fourth-order valence-corrected chi connectivity index (χ4v) is 2.75. The molecule has 1 heterocycles. The molecule has 4 heteroatoms. The Labute approximate surface area is 131 Å². The average Bonchev–Trinajstić information content (AvgIpc) is 2.54. The maximum absolute atomic E-state index is 12.4. The number of ether oxygens (including phenoxy) is 2. The van der Waals surface area contributed by atoms with Crippen molar-refractivity contribution in [3.05, 3.63) is 35.9 Å². The Hall–Kier alpha value is -1.68. The largest absolute Gasteiger partial charge is 0.460 e. The Morgan fingerprint density at radius 2 is 2.05 bits per heavy atom. The Balaban J connectivity index is 1.93. The molecule has 0 aromatic heterocycles. The first-order valence-electron chi connectivity index (χ1n) is 7.84. The van der Waals surface area contributed by atoms with Crippen molar-refractivity contribution in [3.63, 3.8) is 0 Å². The van der Waals surface area contributed by atoms with Gasteiger partial charge in [-0.15, -0.1) is 0 Å². The van der Waals surface area contributed by atoms with E-state index in [1.807, 2.05) is 44.2 Å². The molecule has 1 aliphatic heterocycles. The van der Waals surface area contributed by atoms with Gasteiger partial charge in [-0.3, -0.25) is 4.79 Å². The molecule has 2 rings (SSSR count). The average molecular weight is 304 g/mol. The molecule has 0 spiro atoms. The minimum Gasteiger partial charge on any atom is -0.460 e. The highest BCUT2D eigenvalue weighted by Crippen LogP contribution is 2.34. The normalized spacial score (nSPS) is 22.1. The summed E-state index contributed by atoms with van der Waals surface area (Å²) in [6.45, 7) is 3.98. The maximum atomic E-state index is 12.4. The van der Waals surface area contributed by atoms with Crippen LogP contribution in [-0.2, 0) is 25.7 Å². The summed E-state index contributed by atoms with van der Waals surface area (Å²) in [5.74, 6) is -0.256. The van der Waals surface area contributed by atoms with Gasteiger partial charge in [-0.05, 0) is 38.7 Å². The first kappa shape index (κ1) is 16.7. The number of esters is 1. The number of aldehydes is 1. The minimum absolute atomic E-state index is 0.0718. The van der Waals surface area contributed by atoms with Crippen LogP contribution in [0.25, 0.3) is 0 Å². The number of benzene rings is 1. The van der Waals surface area contributed by atoms with Gasteiger partial charge in [0.15, 0.2) is 0 Å². The van der Waals surface area contributed by atoms with Crippen molar-refractivity contribution in [2.24, 2.45) is 5.41 Å². The lowest BCUT2D eigenvalue weighted by molar-refractivity contribution is -0.173. The topological polar surface area (TPSA) is 52.6 Å². The van der Waals surface area contributed by atoms with Crippen LogP contribution in [0.5, 0.6) is 0 Å². The van der Waals surface area contributed by atoms with Gasteiger partial charge in [-0.25, -0.2) is 0 Å². The fourth-order valence-electron chi connectivity index (χ4n) is 2.75. The molecular weight excluding hydrogens is 280 g/mol. The van der Waals surface area contributed by atoms with Gasteiger partial charge in [0.05, 0.1) is 17.6 Å². The third-order valence-corrected chi connectivity index (χ3v) is 4.25. The zero-order chi connectivity index (χ0) is 16.0. The Morgan fingerprint density at radius 3 is 2.73 bits per heavy atom. The lowest BCUT2D eigenvalue weighted by atomic mass is 9.81. The SMILES string of the molecule is CC(C)(C(=O)OCc1ccccc1)[C@H]1CCC[C@@H](CC=O)O1. The van der Waals surface area contributed by atoms with Crippen LogP contribution in [0.15, 0.2) is 30.3 Å². The molecule has 0 bridgehead atoms. The van der Waals surface area contributed by atoms with Gasteiger partial charge in [0.25, 0.3) is 0 Å². The van der Waals surface area contributed by atoms with Crippen LogP contribution >= 0.6 is 0 Å². The number of hydrogen-bond acceptors (Lipinski definition) is 4. The highest BCUT2D eigenvalue weighted by molar-refractivity contribution is 5.76. The molecule has 0 N–H and O–H groups in total. The molecule has 0 unspecified atom stereocenters. The molecular formula is C18H24O4. The Bertz CT molecular complexity index is 495. The van der Waals surface area contributed by atoms with E-state index in [2.05, 4.69) is 0 Å². The minimum atomic E-state index is -0.712. The smallest absolute Gasteiger partial charge is 0.314 e. The second-order valence-corrected chi connectivity index (χ2v) is 6.36. The maximum Gasteiger partial charge on any atom is 0.314 e. The Kier molecular flexibility index (Phi) is 5.72. The van der Waals surface area contributed by atoms with E-state index < -0.39 is 5.41 Å². The molecule has 0 radical (unpaired) electrons. The molecule has 1 aliphatic rings. The predicted octanol–water partition coefficient (Wildman–Crippen LogP) is 3.28. The van der Waals surface area contributed by atoms with Crippen molar-refractivity contribution in [2.75, 3.05) is 0 Å². The van der Waals surface area contributed by atoms with Crippen molar-refractivity contribution in [3.8, 4) is 0 Å². The molecule has 4 nitrogen and oxygen atoms in total. The highest BCUT2D eigenvalue weighted by atomic mass is 16.5. The van der Waals surface area contributed by atoms with E-state index in [1.165, 1.54) is 0 Å². The number of rotatable bonds is 6. The molecule has 0 amide bonds. The van der Waals surface area contributed by atoms with Crippen molar-refractivity contribution in [1.82, 2.24) is 0 Å². The number of carbonyl (C=O) groups is 2. The van der Waals surface area contributed by atoms with Gasteiger partial charge in [-0.1, -0.05) is 30.3 Å². The Morgan fingerprint density at radius 1 is 1.32 bits per heavy atom. The number of hydrogen-bond donors (Lipinski definition) is 0. The first-order chi connectivity index (χ1) is 10.5. The van der Waals surface area contributed by atoms with Gasteiger partial charge >= 0.3 is 5.97 Å². The highest BCUT2D eigenvalue weighted by Gasteiger charge is 2.41. The summed E-state index contributed by atoms with van der Waals surface area (Å²) in [6, 6.07) is 9.62. The first-order valence-corrected chi connectivity index (χ1v) is 7.84. The fraction of sp³-hybridized carbons (Fsp3) is 0.556. The van der Waals surface area contributed by atoms with E-state index in [-0.39, 0.29) is 24.8 Å². The zero-order valence-corrected chi connectivity index (χ0v) is 13.3. The van der Waals surface area contributed by atoms with Gasteiger partial charge < -0.3 is 14.3 Å². The molecule has 1 aromatic carbocycles. The summed E-state index contributed by atoms with van der Waals surface area (Å²) >= 11 is 0. The van der Waals surface area contributed by atoms with E-state index in [1.54, 1.807) is 0 Å². The third-order valence-electron chi connectivity index (χ3n) is 4.25. The molecule has 0 aliphatic carbocycles. The zero-order valence-electron chi connectivity index (χ0n) is 13.3. The second-order valence-electron chi connectivity index (χ2n) is 6.36. The monoisotopic (exact) mass is 304 g/mol. The van der Waals surface area contributed by atoms with Crippen LogP contribution in [0, 0.1) is 5.41 Å². The summed E-state index contributed by atoms with van der Waals surface area (Å²) in [5, 5.41) is 0. The van der Waals surface area contributed by atoms with Crippen LogP contribution in [-0.4, -0.2) is 24.5 Å². The third kappa shape index (κ3) is 4.17. The van der Waals surface area contributed by atoms with Crippen LogP contribution < -0.4 is 0 Å². The molecule has 1 fully saturated rings. The van der Waals surface area contributed by atoms with E-state index in [4.69, 9.17) is 9.47 Å². The molecule has 2 atom stereocenters. The lowest BCUT2D eigenvalue weighted by Gasteiger charge is -2.38. The summed E-state index contributed by atoms with van der Waals surface area (Å²) in [5.41, 5.74) is 0.256. The molecule has 0 saturated carbocycles. The van der Waals surface area contributed by atoms with E-state index in [0.717, 1.165) is 31.1 Å². The van der Waals surface area contributed by atoms with Crippen molar-refractivity contribution in [1.29, 1.82) is 0 Å². The van der Waals surface area contributed by atoms with Gasteiger partial charge in [0, 0.05) is 6.42 Å². The molecule has 1 saturated heterocycles. The quantitative estimate of drug-likeness (QED) is 0.598. The molecule has 1 aromatic rings. The molecule has 22 heavy (non-hydrogen) atoms. The van der Waals surface area contributed by atoms with Crippen LogP contribution in [0.2, 0.25) is 0 Å². The molecule has 120 valence electrons. The number of carbonyl (C=O) groups excluding carboxylic acids is 2.